The molecule has 0 saturated carbocycles. The maximum Gasteiger partial charge on any atom is 0.338 e. The Morgan fingerprint density at radius 1 is 1.19 bits per heavy atom. The molecule has 2 rings (SSSR count). The number of benzene rings is 2. The summed E-state index contributed by atoms with van der Waals surface area (Å²) in [5, 5.41) is 3.05. The standard InChI is InChI=1S/C19H20ClFN2O3/c1-3-26-19(25)13-7-9-14(10-8-13)22-18(24)12-23(2)11-15-16(20)5-4-6-17(15)21/h4-10H,3,11-12H2,1-2H3,(H,22,24). The number of rotatable bonds is 7. The van der Waals surface area contributed by atoms with E-state index in [9.17, 15) is 14.0 Å². The van der Waals surface area contributed by atoms with Crippen LogP contribution >= 0.6 is 11.6 Å². The maximum absolute atomic E-state index is 13.8. The molecule has 0 saturated heterocycles. The monoisotopic (exact) mass is 378 g/mol. The van der Waals surface area contributed by atoms with E-state index < -0.39 is 11.8 Å². The van der Waals surface area contributed by atoms with Crippen molar-refractivity contribution >= 4 is 29.2 Å². The Labute approximate surface area is 156 Å². The summed E-state index contributed by atoms with van der Waals surface area (Å²) in [5.41, 5.74) is 1.32. The van der Waals surface area contributed by atoms with Crippen LogP contribution in [0.2, 0.25) is 5.02 Å². The third-order valence-electron chi connectivity index (χ3n) is 3.58. The molecule has 0 heterocycles. The van der Waals surface area contributed by atoms with Crippen LogP contribution in [0.25, 0.3) is 0 Å². The van der Waals surface area contributed by atoms with Gasteiger partial charge in [0.05, 0.1) is 18.7 Å². The topological polar surface area (TPSA) is 58.6 Å². The number of hydrogen-bond donors (Lipinski definition) is 1. The second-order valence-corrected chi connectivity index (χ2v) is 6.13. The Morgan fingerprint density at radius 2 is 1.88 bits per heavy atom. The summed E-state index contributed by atoms with van der Waals surface area (Å²) in [7, 11) is 1.70. The SMILES string of the molecule is CCOC(=O)c1ccc(NC(=O)CN(C)Cc2c(F)cccc2Cl)cc1. The zero-order valence-corrected chi connectivity index (χ0v) is 15.3. The zero-order chi connectivity index (χ0) is 19.1. The van der Waals surface area contributed by atoms with Gasteiger partial charge < -0.3 is 10.1 Å². The number of anilines is 1. The molecular weight excluding hydrogens is 359 g/mol. The molecular formula is C19H20ClFN2O3. The largest absolute Gasteiger partial charge is 0.462 e. The first-order valence-corrected chi connectivity index (χ1v) is 8.47. The first kappa shape index (κ1) is 19.9. The van der Waals surface area contributed by atoms with Gasteiger partial charge >= 0.3 is 5.97 Å². The van der Waals surface area contributed by atoms with Crippen molar-refractivity contribution in [2.45, 2.75) is 13.5 Å². The van der Waals surface area contributed by atoms with Gasteiger partial charge in [0.2, 0.25) is 5.91 Å². The molecule has 0 radical (unpaired) electrons. The predicted octanol–water partition coefficient (Wildman–Crippen LogP) is 3.73. The van der Waals surface area contributed by atoms with Crippen molar-refractivity contribution in [1.82, 2.24) is 4.90 Å². The van der Waals surface area contributed by atoms with E-state index in [1.807, 2.05) is 0 Å². The third-order valence-corrected chi connectivity index (χ3v) is 3.94. The molecule has 0 aliphatic carbocycles. The minimum Gasteiger partial charge on any atom is -0.462 e. The molecule has 0 unspecified atom stereocenters. The Morgan fingerprint density at radius 3 is 2.50 bits per heavy atom. The van der Waals surface area contributed by atoms with E-state index in [-0.39, 0.29) is 19.0 Å². The number of halogens is 2. The van der Waals surface area contributed by atoms with Gasteiger partial charge in [-0.2, -0.15) is 0 Å². The van der Waals surface area contributed by atoms with Gasteiger partial charge in [-0.25, -0.2) is 9.18 Å². The van der Waals surface area contributed by atoms with Crippen molar-refractivity contribution in [3.05, 3.63) is 64.4 Å². The van der Waals surface area contributed by atoms with E-state index in [2.05, 4.69) is 5.32 Å². The second-order valence-electron chi connectivity index (χ2n) is 5.72. The molecule has 0 aliphatic heterocycles. The van der Waals surface area contributed by atoms with E-state index >= 15 is 0 Å². The van der Waals surface area contributed by atoms with Gasteiger partial charge in [0, 0.05) is 22.8 Å². The van der Waals surface area contributed by atoms with Crippen LogP contribution in [-0.2, 0) is 16.1 Å². The first-order chi connectivity index (χ1) is 12.4. The van der Waals surface area contributed by atoms with E-state index in [1.165, 1.54) is 12.1 Å². The molecule has 0 atom stereocenters. The Kier molecular flexibility index (Phi) is 7.12. The number of nitrogens with zero attached hydrogens (tertiary/aromatic N) is 1. The average Bonchev–Trinajstić information content (AvgIpc) is 2.59. The van der Waals surface area contributed by atoms with Crippen LogP contribution < -0.4 is 5.32 Å². The van der Waals surface area contributed by atoms with Gasteiger partial charge in [-0.05, 0) is 50.4 Å². The lowest BCUT2D eigenvalue weighted by Crippen LogP contribution is -2.30. The van der Waals surface area contributed by atoms with E-state index in [0.717, 1.165) is 0 Å². The molecule has 2 aromatic rings. The normalized spacial score (nSPS) is 10.7. The van der Waals surface area contributed by atoms with Crippen LogP contribution in [-0.4, -0.2) is 37.0 Å². The number of esters is 1. The molecule has 138 valence electrons. The molecule has 0 spiro atoms. The Hall–Kier alpha value is -2.44. The van der Waals surface area contributed by atoms with Crippen LogP contribution in [0, 0.1) is 5.82 Å². The highest BCUT2D eigenvalue weighted by Gasteiger charge is 2.13. The fourth-order valence-corrected chi connectivity index (χ4v) is 2.58. The minimum atomic E-state index is -0.410. The zero-order valence-electron chi connectivity index (χ0n) is 14.6. The molecule has 2 aromatic carbocycles. The number of likely N-dealkylation sites (N-methyl/N-ethyl adjacent to an activating group) is 1. The maximum atomic E-state index is 13.8. The summed E-state index contributed by atoms with van der Waals surface area (Å²) in [5.74, 6) is -1.07. The van der Waals surface area contributed by atoms with Crippen LogP contribution in [0.1, 0.15) is 22.8 Å². The predicted molar refractivity (Wildman–Crippen MR) is 98.8 cm³/mol. The van der Waals surface area contributed by atoms with Crippen LogP contribution in [0.4, 0.5) is 10.1 Å². The smallest absolute Gasteiger partial charge is 0.338 e. The van der Waals surface area contributed by atoms with Gasteiger partial charge in [-0.1, -0.05) is 17.7 Å². The van der Waals surface area contributed by atoms with Gasteiger partial charge in [0.1, 0.15) is 5.82 Å². The van der Waals surface area contributed by atoms with Gasteiger partial charge in [-0.15, -0.1) is 0 Å². The van der Waals surface area contributed by atoms with E-state index in [4.69, 9.17) is 16.3 Å². The van der Waals surface area contributed by atoms with Crippen molar-refractivity contribution in [2.24, 2.45) is 0 Å². The number of hydrogen-bond acceptors (Lipinski definition) is 4. The number of nitrogens with one attached hydrogen (secondary N) is 1. The van der Waals surface area contributed by atoms with Gasteiger partial charge in [0.25, 0.3) is 0 Å². The van der Waals surface area contributed by atoms with Gasteiger partial charge in [-0.3, -0.25) is 9.69 Å². The van der Waals surface area contributed by atoms with Gasteiger partial charge in [0.15, 0.2) is 0 Å². The summed E-state index contributed by atoms with van der Waals surface area (Å²) in [6, 6.07) is 10.9. The number of amides is 1. The molecule has 1 N–H and O–H groups in total. The molecule has 0 aliphatic rings. The van der Waals surface area contributed by atoms with Crippen molar-refractivity contribution in [1.29, 1.82) is 0 Å². The summed E-state index contributed by atoms with van der Waals surface area (Å²) in [6.45, 7) is 2.30. The summed E-state index contributed by atoms with van der Waals surface area (Å²) < 4.78 is 18.7. The van der Waals surface area contributed by atoms with Crippen LogP contribution in [0.15, 0.2) is 42.5 Å². The lowest BCUT2D eigenvalue weighted by atomic mass is 10.2. The quantitative estimate of drug-likeness (QED) is 0.746. The molecule has 7 heteroatoms. The van der Waals surface area contributed by atoms with Crippen molar-refractivity contribution in [2.75, 3.05) is 25.5 Å². The van der Waals surface area contributed by atoms with Crippen LogP contribution in [0.3, 0.4) is 0 Å². The fourth-order valence-electron chi connectivity index (χ4n) is 2.36. The van der Waals surface area contributed by atoms with E-state index in [1.54, 1.807) is 49.2 Å². The molecule has 0 bridgehead atoms. The number of carbonyl (C=O) groups is 2. The molecule has 1 amide bonds. The van der Waals surface area contributed by atoms with Crippen molar-refractivity contribution < 1.29 is 18.7 Å². The Bertz CT molecular complexity index is 761. The van der Waals surface area contributed by atoms with Crippen molar-refractivity contribution in [3.63, 3.8) is 0 Å². The molecule has 0 aromatic heterocycles. The van der Waals surface area contributed by atoms with E-state index in [0.29, 0.717) is 28.4 Å². The second kappa shape index (κ2) is 9.31. The lowest BCUT2D eigenvalue weighted by molar-refractivity contribution is -0.117. The number of ether oxygens (including phenoxy) is 1. The Balaban J connectivity index is 1.91. The lowest BCUT2D eigenvalue weighted by Gasteiger charge is -2.17. The minimum absolute atomic E-state index is 0.0598. The fraction of sp³-hybridized carbons (Fsp3) is 0.263. The third kappa shape index (κ3) is 5.54. The first-order valence-electron chi connectivity index (χ1n) is 8.09. The highest BCUT2D eigenvalue weighted by atomic mass is 35.5. The summed E-state index contributed by atoms with van der Waals surface area (Å²) in [4.78, 5) is 25.4. The highest BCUT2D eigenvalue weighted by molar-refractivity contribution is 6.31. The molecule has 26 heavy (non-hydrogen) atoms. The number of carbonyl (C=O) groups excluding carboxylic acids is 2. The molecule has 0 fully saturated rings. The summed E-state index contributed by atoms with van der Waals surface area (Å²) in [6.07, 6.45) is 0. The summed E-state index contributed by atoms with van der Waals surface area (Å²) >= 11 is 6.00. The molecule has 5 nitrogen and oxygen atoms in total. The average molecular weight is 379 g/mol. The van der Waals surface area contributed by atoms with Crippen molar-refractivity contribution in [3.8, 4) is 0 Å². The van der Waals surface area contributed by atoms with Crippen LogP contribution in [0.5, 0.6) is 0 Å². The highest BCUT2D eigenvalue weighted by Crippen LogP contribution is 2.20.